The second-order valence-corrected chi connectivity index (χ2v) is 8.69. The van der Waals surface area contributed by atoms with Crippen molar-refractivity contribution in [2.45, 2.75) is 32.1 Å². The van der Waals surface area contributed by atoms with E-state index in [0.717, 1.165) is 63.4 Å². The van der Waals surface area contributed by atoms with Gasteiger partial charge in [0.1, 0.15) is 11.6 Å². The maximum absolute atomic E-state index is 12.9. The molecular weight excluding hydrogens is 389 g/mol. The Labute approximate surface area is 186 Å². The fraction of sp³-hybridized carbons (Fsp3) is 0.500. The van der Waals surface area contributed by atoms with E-state index in [1.54, 1.807) is 12.1 Å². The van der Waals surface area contributed by atoms with Gasteiger partial charge in [0.05, 0.1) is 18.1 Å². The van der Waals surface area contributed by atoms with E-state index >= 15 is 0 Å². The molecule has 0 aromatic heterocycles. The van der Waals surface area contributed by atoms with Crippen LogP contribution in [0.15, 0.2) is 54.6 Å². The molecule has 1 fully saturated rings. The van der Waals surface area contributed by atoms with E-state index in [2.05, 4.69) is 41.8 Å². The topological polar surface area (TPSA) is 39.5 Å². The van der Waals surface area contributed by atoms with Crippen molar-refractivity contribution in [3.63, 3.8) is 0 Å². The monoisotopic (exact) mass is 423 g/mol. The first-order valence-corrected chi connectivity index (χ1v) is 11.3. The van der Waals surface area contributed by atoms with E-state index in [1.165, 1.54) is 12.1 Å². The molecule has 5 heteroatoms. The highest BCUT2D eigenvalue weighted by Gasteiger charge is 2.36. The summed E-state index contributed by atoms with van der Waals surface area (Å²) in [6, 6.07) is 19.1. The molecule has 1 aliphatic rings. The molecule has 0 spiro atoms. The lowest BCUT2D eigenvalue weighted by Gasteiger charge is -2.38. The molecule has 0 bridgehead atoms. The van der Waals surface area contributed by atoms with Gasteiger partial charge in [0, 0.05) is 39.3 Å². The minimum Gasteiger partial charge on any atom is -0.494 e. The largest absolute Gasteiger partial charge is 0.494 e. The number of halogens is 1. The number of nitrogens with zero attached hydrogens (tertiary/aromatic N) is 3. The molecule has 1 heterocycles. The summed E-state index contributed by atoms with van der Waals surface area (Å²) in [4.78, 5) is 4.96. The van der Waals surface area contributed by atoms with Crippen molar-refractivity contribution < 1.29 is 9.13 Å². The first kappa shape index (κ1) is 23.2. The third-order valence-corrected chi connectivity index (χ3v) is 6.46. The van der Waals surface area contributed by atoms with Gasteiger partial charge >= 0.3 is 0 Å². The zero-order valence-corrected chi connectivity index (χ0v) is 18.8. The van der Waals surface area contributed by atoms with E-state index in [-0.39, 0.29) is 11.7 Å². The highest BCUT2D eigenvalue weighted by Crippen LogP contribution is 2.35. The Balaban J connectivity index is 1.40. The standard InChI is InChI=1S/C26H34FN3O/c1-22(2)26(21-28,23-7-4-3-5-8-23)13-15-30-18-16-29(17-19-30)14-6-20-31-25-11-9-24(27)10-12-25/h3-5,7-12,22H,6,13-20H2,1-2H3. The SMILES string of the molecule is CC(C)C(C#N)(CCN1CCN(CCCOc2ccc(F)cc2)CC1)c1ccccc1. The zero-order valence-electron chi connectivity index (χ0n) is 18.8. The molecule has 1 unspecified atom stereocenters. The lowest BCUT2D eigenvalue weighted by Crippen LogP contribution is -2.48. The Morgan fingerprint density at radius 3 is 2.16 bits per heavy atom. The first-order chi connectivity index (χ1) is 15.0. The van der Waals surface area contributed by atoms with Gasteiger partial charge in [0.25, 0.3) is 0 Å². The van der Waals surface area contributed by atoms with Gasteiger partial charge in [-0.25, -0.2) is 4.39 Å². The number of nitriles is 1. The zero-order chi connectivity index (χ0) is 22.1. The van der Waals surface area contributed by atoms with Crippen LogP contribution in [0.5, 0.6) is 5.75 Å². The van der Waals surface area contributed by atoms with Crippen LogP contribution in [0.4, 0.5) is 4.39 Å². The van der Waals surface area contributed by atoms with Crippen molar-refractivity contribution in [1.82, 2.24) is 9.80 Å². The molecule has 2 aromatic carbocycles. The van der Waals surface area contributed by atoms with Crippen LogP contribution in [0.1, 0.15) is 32.3 Å². The van der Waals surface area contributed by atoms with Crippen LogP contribution >= 0.6 is 0 Å². The molecule has 1 saturated heterocycles. The summed E-state index contributed by atoms with van der Waals surface area (Å²) in [7, 11) is 0. The van der Waals surface area contributed by atoms with Gasteiger partial charge in [-0.05, 0) is 48.6 Å². The quantitative estimate of drug-likeness (QED) is 0.519. The molecule has 2 aromatic rings. The minimum absolute atomic E-state index is 0.241. The number of ether oxygens (including phenoxy) is 1. The average Bonchev–Trinajstić information content (AvgIpc) is 2.80. The summed E-state index contributed by atoms with van der Waals surface area (Å²) in [5.74, 6) is 0.743. The van der Waals surface area contributed by atoms with E-state index in [4.69, 9.17) is 4.74 Å². The van der Waals surface area contributed by atoms with E-state index in [0.29, 0.717) is 6.61 Å². The van der Waals surface area contributed by atoms with Crippen molar-refractivity contribution >= 4 is 0 Å². The number of hydrogen-bond donors (Lipinski definition) is 0. The second kappa shape index (κ2) is 11.3. The molecule has 166 valence electrons. The summed E-state index contributed by atoms with van der Waals surface area (Å²) in [5.41, 5.74) is 0.697. The third-order valence-electron chi connectivity index (χ3n) is 6.46. The van der Waals surface area contributed by atoms with E-state index in [1.807, 2.05) is 18.2 Å². The first-order valence-electron chi connectivity index (χ1n) is 11.3. The van der Waals surface area contributed by atoms with Gasteiger partial charge in [-0.2, -0.15) is 5.26 Å². The van der Waals surface area contributed by atoms with Crippen molar-refractivity contribution in [2.75, 3.05) is 45.9 Å². The molecule has 31 heavy (non-hydrogen) atoms. The van der Waals surface area contributed by atoms with Gasteiger partial charge in [0.2, 0.25) is 0 Å². The Kier molecular flexibility index (Phi) is 8.45. The Morgan fingerprint density at radius 1 is 0.968 bits per heavy atom. The Bertz CT molecular complexity index is 826. The van der Waals surface area contributed by atoms with Gasteiger partial charge in [-0.15, -0.1) is 0 Å². The summed E-state index contributed by atoms with van der Waals surface area (Å²) >= 11 is 0. The van der Waals surface area contributed by atoms with Crippen LogP contribution in [0.2, 0.25) is 0 Å². The molecule has 4 nitrogen and oxygen atoms in total. The van der Waals surface area contributed by atoms with Crippen LogP contribution in [0.3, 0.4) is 0 Å². The highest BCUT2D eigenvalue weighted by molar-refractivity contribution is 5.33. The predicted octanol–water partition coefficient (Wildman–Crippen LogP) is 4.72. The number of rotatable bonds is 10. The molecule has 0 N–H and O–H groups in total. The van der Waals surface area contributed by atoms with Crippen molar-refractivity contribution in [3.8, 4) is 11.8 Å². The fourth-order valence-corrected chi connectivity index (χ4v) is 4.33. The summed E-state index contributed by atoms with van der Waals surface area (Å²) in [5, 5.41) is 10.1. The molecule has 0 saturated carbocycles. The molecule has 0 amide bonds. The maximum Gasteiger partial charge on any atom is 0.123 e. The molecule has 3 rings (SSSR count). The van der Waals surface area contributed by atoms with Crippen molar-refractivity contribution in [2.24, 2.45) is 5.92 Å². The molecular formula is C26H34FN3O. The van der Waals surface area contributed by atoms with Crippen LogP contribution in [0.25, 0.3) is 0 Å². The van der Waals surface area contributed by atoms with Gasteiger partial charge < -0.3 is 14.5 Å². The van der Waals surface area contributed by atoms with Gasteiger partial charge in [0.15, 0.2) is 0 Å². The average molecular weight is 424 g/mol. The maximum atomic E-state index is 12.9. The van der Waals surface area contributed by atoms with Gasteiger partial charge in [-0.1, -0.05) is 44.2 Å². The number of hydrogen-bond acceptors (Lipinski definition) is 4. The molecule has 0 radical (unpaired) electrons. The summed E-state index contributed by atoms with van der Waals surface area (Å²) in [6.45, 7) is 11.1. The Hall–Kier alpha value is -2.42. The Morgan fingerprint density at radius 2 is 1.58 bits per heavy atom. The third kappa shape index (κ3) is 6.29. The van der Waals surface area contributed by atoms with Crippen LogP contribution in [-0.4, -0.2) is 55.7 Å². The van der Waals surface area contributed by atoms with Crippen LogP contribution in [-0.2, 0) is 5.41 Å². The molecule has 0 aliphatic carbocycles. The minimum atomic E-state index is -0.434. The predicted molar refractivity (Wildman–Crippen MR) is 123 cm³/mol. The van der Waals surface area contributed by atoms with E-state index < -0.39 is 5.41 Å². The second-order valence-electron chi connectivity index (χ2n) is 8.69. The molecule has 1 atom stereocenters. The summed E-state index contributed by atoms with van der Waals surface area (Å²) in [6.07, 6.45) is 1.81. The lowest BCUT2D eigenvalue weighted by molar-refractivity contribution is 0.118. The smallest absolute Gasteiger partial charge is 0.123 e. The van der Waals surface area contributed by atoms with Crippen molar-refractivity contribution in [3.05, 3.63) is 66.0 Å². The van der Waals surface area contributed by atoms with E-state index in [9.17, 15) is 9.65 Å². The van der Waals surface area contributed by atoms with Crippen LogP contribution in [0, 0.1) is 23.1 Å². The normalized spacial score (nSPS) is 17.3. The number of piperazine rings is 1. The summed E-state index contributed by atoms with van der Waals surface area (Å²) < 4.78 is 18.6. The fourth-order valence-electron chi connectivity index (χ4n) is 4.33. The number of benzene rings is 2. The van der Waals surface area contributed by atoms with Crippen molar-refractivity contribution in [1.29, 1.82) is 5.26 Å². The highest BCUT2D eigenvalue weighted by atomic mass is 19.1. The van der Waals surface area contributed by atoms with Crippen LogP contribution < -0.4 is 4.74 Å². The lowest BCUT2D eigenvalue weighted by atomic mass is 9.70. The molecule has 1 aliphatic heterocycles. The van der Waals surface area contributed by atoms with Gasteiger partial charge in [-0.3, -0.25) is 0 Å².